The average molecular weight is 381 g/mol. The number of carbonyl (C=O) groups excluding carboxylic acids is 1. The predicted octanol–water partition coefficient (Wildman–Crippen LogP) is 5.02. The van der Waals surface area contributed by atoms with Crippen LogP contribution in [0.3, 0.4) is 0 Å². The minimum absolute atomic E-state index is 0.0280. The van der Waals surface area contributed by atoms with Crippen molar-refractivity contribution in [3.63, 3.8) is 0 Å². The highest BCUT2D eigenvalue weighted by Gasteiger charge is 2.15. The second kappa shape index (κ2) is 8.73. The number of benzene rings is 2. The van der Waals surface area contributed by atoms with Crippen molar-refractivity contribution < 1.29 is 9.53 Å². The van der Waals surface area contributed by atoms with Gasteiger partial charge < -0.3 is 15.0 Å². The number of methoxy groups -OCH3 is 1. The zero-order valence-electron chi connectivity index (χ0n) is 15.9. The Morgan fingerprint density at radius 3 is 2.33 bits per heavy atom. The first-order chi connectivity index (χ1) is 13.1. The number of amides is 1. The van der Waals surface area contributed by atoms with E-state index in [1.165, 1.54) is 4.88 Å². The third-order valence-corrected chi connectivity index (χ3v) is 5.31. The first kappa shape index (κ1) is 19.0. The molecule has 0 fully saturated rings. The third kappa shape index (κ3) is 4.89. The van der Waals surface area contributed by atoms with Gasteiger partial charge in [0.05, 0.1) is 20.2 Å². The van der Waals surface area contributed by atoms with Crippen LogP contribution in [0.4, 0.5) is 11.4 Å². The normalized spacial score (nSPS) is 10.5. The summed E-state index contributed by atoms with van der Waals surface area (Å²) < 4.78 is 5.25. The summed E-state index contributed by atoms with van der Waals surface area (Å²) in [5.41, 5.74) is 4.02. The minimum atomic E-state index is -0.0280. The van der Waals surface area contributed by atoms with E-state index >= 15 is 0 Å². The van der Waals surface area contributed by atoms with Gasteiger partial charge in [-0.1, -0.05) is 24.3 Å². The number of nitrogens with zero attached hydrogens (tertiary/aromatic N) is 1. The number of rotatable bonds is 7. The van der Waals surface area contributed by atoms with Gasteiger partial charge in [-0.15, -0.1) is 11.3 Å². The lowest BCUT2D eigenvalue weighted by Gasteiger charge is -2.24. The van der Waals surface area contributed by atoms with Crippen LogP contribution < -0.4 is 15.0 Å². The smallest absolute Gasteiger partial charge is 0.243 e. The topological polar surface area (TPSA) is 41.6 Å². The number of thiophene rings is 1. The number of hydrogen-bond donors (Lipinski definition) is 1. The van der Waals surface area contributed by atoms with Gasteiger partial charge in [0, 0.05) is 16.3 Å². The first-order valence-corrected chi connectivity index (χ1v) is 9.72. The monoisotopic (exact) mass is 380 g/mol. The summed E-state index contributed by atoms with van der Waals surface area (Å²) in [6.07, 6.45) is 0. The molecule has 1 N–H and O–H groups in total. The van der Waals surface area contributed by atoms with Crippen molar-refractivity contribution in [1.29, 1.82) is 0 Å². The molecule has 0 aliphatic rings. The predicted molar refractivity (Wildman–Crippen MR) is 113 cm³/mol. The molecule has 5 heteroatoms. The Hall–Kier alpha value is -2.79. The van der Waals surface area contributed by atoms with Crippen LogP contribution >= 0.6 is 11.3 Å². The molecule has 0 aliphatic heterocycles. The van der Waals surface area contributed by atoms with Crippen molar-refractivity contribution in [2.24, 2.45) is 0 Å². The van der Waals surface area contributed by atoms with Gasteiger partial charge in [-0.2, -0.15) is 0 Å². The SMILES string of the molecule is COc1ccc(N(CC(=O)Nc2c(C)cccc2C)Cc2cccs2)cc1. The molecule has 0 aliphatic carbocycles. The lowest BCUT2D eigenvalue weighted by atomic mass is 10.1. The Bertz CT molecular complexity index is 869. The first-order valence-electron chi connectivity index (χ1n) is 8.84. The molecule has 0 bridgehead atoms. The minimum Gasteiger partial charge on any atom is -0.497 e. The molecule has 1 amide bonds. The molecule has 27 heavy (non-hydrogen) atoms. The molecule has 0 unspecified atom stereocenters. The number of aryl methyl sites for hydroxylation is 2. The van der Waals surface area contributed by atoms with Crippen molar-refractivity contribution in [2.45, 2.75) is 20.4 Å². The molecular weight excluding hydrogens is 356 g/mol. The molecule has 140 valence electrons. The van der Waals surface area contributed by atoms with Crippen LogP contribution in [0.25, 0.3) is 0 Å². The van der Waals surface area contributed by atoms with Gasteiger partial charge in [-0.05, 0) is 60.7 Å². The summed E-state index contributed by atoms with van der Waals surface area (Å²) >= 11 is 1.69. The molecule has 0 saturated heterocycles. The highest BCUT2D eigenvalue weighted by Crippen LogP contribution is 2.24. The molecule has 1 aromatic heterocycles. The summed E-state index contributed by atoms with van der Waals surface area (Å²) in [7, 11) is 1.65. The van der Waals surface area contributed by atoms with E-state index in [9.17, 15) is 4.79 Å². The fourth-order valence-electron chi connectivity index (χ4n) is 2.99. The van der Waals surface area contributed by atoms with Gasteiger partial charge in [0.15, 0.2) is 0 Å². The lowest BCUT2D eigenvalue weighted by Crippen LogP contribution is -2.33. The zero-order chi connectivity index (χ0) is 19.2. The molecule has 0 saturated carbocycles. The van der Waals surface area contributed by atoms with Gasteiger partial charge >= 0.3 is 0 Å². The number of hydrogen-bond acceptors (Lipinski definition) is 4. The number of nitrogens with one attached hydrogen (secondary N) is 1. The maximum Gasteiger partial charge on any atom is 0.243 e. The number of carbonyl (C=O) groups is 1. The van der Waals surface area contributed by atoms with Crippen LogP contribution in [0.5, 0.6) is 5.75 Å². The van der Waals surface area contributed by atoms with Gasteiger partial charge in [-0.25, -0.2) is 0 Å². The number of para-hydroxylation sites is 1. The van der Waals surface area contributed by atoms with Gasteiger partial charge in [0.2, 0.25) is 5.91 Å². The van der Waals surface area contributed by atoms with Crippen molar-refractivity contribution in [3.8, 4) is 5.75 Å². The number of ether oxygens (including phenoxy) is 1. The third-order valence-electron chi connectivity index (χ3n) is 4.44. The zero-order valence-corrected chi connectivity index (χ0v) is 16.7. The molecule has 2 aromatic carbocycles. The van der Waals surface area contributed by atoms with E-state index in [2.05, 4.69) is 21.7 Å². The molecule has 0 atom stereocenters. The van der Waals surface area contributed by atoms with Crippen LogP contribution in [0, 0.1) is 13.8 Å². The van der Waals surface area contributed by atoms with Gasteiger partial charge in [0.25, 0.3) is 0 Å². The Kier molecular flexibility index (Phi) is 6.14. The summed E-state index contributed by atoms with van der Waals surface area (Å²) in [6.45, 7) is 4.98. The molecule has 0 radical (unpaired) electrons. The van der Waals surface area contributed by atoms with E-state index in [1.54, 1.807) is 18.4 Å². The Morgan fingerprint density at radius 2 is 1.74 bits per heavy atom. The fraction of sp³-hybridized carbons (Fsp3) is 0.227. The molecular formula is C22H24N2O2S. The maximum atomic E-state index is 12.8. The molecule has 0 spiro atoms. The average Bonchev–Trinajstić information content (AvgIpc) is 3.17. The Labute approximate surface area is 164 Å². The Balaban J connectivity index is 1.78. The van der Waals surface area contributed by atoms with Crippen LogP contribution in [-0.4, -0.2) is 19.6 Å². The largest absolute Gasteiger partial charge is 0.497 e. The highest BCUT2D eigenvalue weighted by molar-refractivity contribution is 7.09. The second-order valence-corrected chi connectivity index (χ2v) is 7.48. The molecule has 1 heterocycles. The second-order valence-electron chi connectivity index (χ2n) is 6.45. The Morgan fingerprint density at radius 1 is 1.04 bits per heavy atom. The van der Waals surface area contributed by atoms with Crippen LogP contribution in [0.1, 0.15) is 16.0 Å². The summed E-state index contributed by atoms with van der Waals surface area (Å²) in [4.78, 5) is 16.1. The standard InChI is InChI=1S/C22H24N2O2S/c1-16-6-4-7-17(2)22(16)23-21(25)15-24(14-20-8-5-13-27-20)18-9-11-19(26-3)12-10-18/h4-13H,14-15H2,1-3H3,(H,23,25). The fourth-order valence-corrected chi connectivity index (χ4v) is 3.71. The lowest BCUT2D eigenvalue weighted by molar-refractivity contribution is -0.115. The highest BCUT2D eigenvalue weighted by atomic mass is 32.1. The van der Waals surface area contributed by atoms with E-state index in [0.29, 0.717) is 6.54 Å². The van der Waals surface area contributed by atoms with E-state index in [-0.39, 0.29) is 12.5 Å². The van der Waals surface area contributed by atoms with E-state index < -0.39 is 0 Å². The van der Waals surface area contributed by atoms with Gasteiger partial charge in [0.1, 0.15) is 5.75 Å². The summed E-state index contributed by atoms with van der Waals surface area (Å²) in [6, 6.07) is 17.9. The van der Waals surface area contributed by atoms with Gasteiger partial charge in [-0.3, -0.25) is 4.79 Å². The molecule has 3 aromatic rings. The van der Waals surface area contributed by atoms with Crippen molar-refractivity contribution in [1.82, 2.24) is 0 Å². The van der Waals surface area contributed by atoms with Crippen molar-refractivity contribution >= 4 is 28.6 Å². The van der Waals surface area contributed by atoms with E-state index in [0.717, 1.165) is 28.3 Å². The molecule has 3 rings (SSSR count). The van der Waals surface area contributed by atoms with E-state index in [4.69, 9.17) is 4.74 Å². The van der Waals surface area contributed by atoms with Crippen LogP contribution in [-0.2, 0) is 11.3 Å². The van der Waals surface area contributed by atoms with Crippen molar-refractivity contribution in [2.75, 3.05) is 23.9 Å². The van der Waals surface area contributed by atoms with Crippen LogP contribution in [0.15, 0.2) is 60.0 Å². The van der Waals surface area contributed by atoms with E-state index in [1.807, 2.05) is 62.4 Å². The van der Waals surface area contributed by atoms with Crippen molar-refractivity contribution in [3.05, 3.63) is 76.0 Å². The summed E-state index contributed by atoms with van der Waals surface area (Å²) in [5.74, 6) is 0.773. The summed E-state index contributed by atoms with van der Waals surface area (Å²) in [5, 5.41) is 5.13. The number of anilines is 2. The maximum absolute atomic E-state index is 12.8. The van der Waals surface area contributed by atoms with Crippen LogP contribution in [0.2, 0.25) is 0 Å². The quantitative estimate of drug-likeness (QED) is 0.626. The molecule has 4 nitrogen and oxygen atoms in total.